The van der Waals surface area contributed by atoms with Gasteiger partial charge in [-0.1, -0.05) is 16.8 Å². The highest BCUT2D eigenvalue weighted by molar-refractivity contribution is 14.0. The highest BCUT2D eigenvalue weighted by atomic mass is 127. The van der Waals surface area contributed by atoms with E-state index >= 15 is 0 Å². The van der Waals surface area contributed by atoms with Crippen LogP contribution < -0.4 is 5.32 Å². The molecule has 2 aromatic rings. The molecule has 27 heavy (non-hydrogen) atoms. The molecule has 1 unspecified atom stereocenters. The van der Waals surface area contributed by atoms with E-state index in [1.54, 1.807) is 12.3 Å². The van der Waals surface area contributed by atoms with Crippen LogP contribution in [0.2, 0.25) is 4.34 Å². The van der Waals surface area contributed by atoms with Gasteiger partial charge in [-0.2, -0.15) is 0 Å². The van der Waals surface area contributed by atoms with Crippen LogP contribution in [0.3, 0.4) is 0 Å². The van der Waals surface area contributed by atoms with Crippen molar-refractivity contribution >= 4 is 52.9 Å². The second-order valence-electron chi connectivity index (χ2n) is 6.11. The number of thiophene rings is 1. The maximum Gasteiger partial charge on any atom is 0.194 e. The summed E-state index contributed by atoms with van der Waals surface area (Å²) in [6.07, 6.45) is 0.975. The Kier molecular flexibility index (Phi) is 9.30. The number of aliphatic hydroxyl groups excluding tert-OH is 1. The smallest absolute Gasteiger partial charge is 0.194 e. The van der Waals surface area contributed by atoms with Crippen molar-refractivity contribution in [3.8, 4) is 0 Å². The Balaban J connectivity index is 0.00000261. The predicted molar refractivity (Wildman–Crippen MR) is 119 cm³/mol. The molecule has 0 amide bonds. The number of rotatable bonds is 6. The van der Waals surface area contributed by atoms with Gasteiger partial charge in [0.2, 0.25) is 0 Å². The standard InChI is InChI=1S/C17H24ClN5O2S.HI/c1-2-19-17(20-11-14(24)15-3-4-16(18)26-15)23-8-6-22(7-9-23)12-13-5-10-25-21-13;/h3-5,10,14,24H,2,6-9,11-12H2,1H3,(H,19,20);1H. The van der Waals surface area contributed by atoms with Gasteiger partial charge in [0, 0.05) is 50.2 Å². The zero-order valence-electron chi connectivity index (χ0n) is 15.2. The van der Waals surface area contributed by atoms with Crippen molar-refractivity contribution < 1.29 is 9.63 Å². The molecule has 2 aromatic heterocycles. The number of hydrogen-bond acceptors (Lipinski definition) is 6. The van der Waals surface area contributed by atoms with Gasteiger partial charge in [0.05, 0.1) is 16.6 Å². The third-order valence-electron chi connectivity index (χ3n) is 4.22. The van der Waals surface area contributed by atoms with Gasteiger partial charge in [-0.25, -0.2) is 0 Å². The average Bonchev–Trinajstić information content (AvgIpc) is 3.31. The highest BCUT2D eigenvalue weighted by Gasteiger charge is 2.20. The van der Waals surface area contributed by atoms with Gasteiger partial charge in [-0.05, 0) is 19.1 Å². The first-order valence-electron chi connectivity index (χ1n) is 8.74. The Labute approximate surface area is 185 Å². The van der Waals surface area contributed by atoms with Crippen molar-refractivity contribution in [3.05, 3.63) is 39.4 Å². The molecule has 0 aliphatic carbocycles. The summed E-state index contributed by atoms with van der Waals surface area (Å²) in [5.74, 6) is 0.843. The molecule has 7 nitrogen and oxygen atoms in total. The van der Waals surface area contributed by atoms with E-state index in [1.807, 2.05) is 19.1 Å². The summed E-state index contributed by atoms with van der Waals surface area (Å²) in [5, 5.41) is 17.6. The van der Waals surface area contributed by atoms with Crippen molar-refractivity contribution in [3.63, 3.8) is 0 Å². The Bertz CT molecular complexity index is 704. The van der Waals surface area contributed by atoms with E-state index in [0.717, 1.165) is 55.8 Å². The van der Waals surface area contributed by atoms with Crippen LogP contribution in [0, 0.1) is 0 Å². The summed E-state index contributed by atoms with van der Waals surface area (Å²) in [6, 6.07) is 5.55. The molecular formula is C17H25ClIN5O2S. The van der Waals surface area contributed by atoms with Crippen molar-refractivity contribution in [2.45, 2.75) is 19.6 Å². The van der Waals surface area contributed by atoms with Gasteiger partial charge in [0.15, 0.2) is 5.96 Å². The summed E-state index contributed by atoms with van der Waals surface area (Å²) in [5.41, 5.74) is 0.955. The van der Waals surface area contributed by atoms with Gasteiger partial charge in [0.1, 0.15) is 12.4 Å². The molecule has 0 bridgehead atoms. The molecule has 0 saturated carbocycles. The Morgan fingerprint density at radius 2 is 2.15 bits per heavy atom. The molecule has 0 aromatic carbocycles. The van der Waals surface area contributed by atoms with E-state index in [2.05, 4.69) is 25.3 Å². The fraction of sp³-hybridized carbons (Fsp3) is 0.529. The zero-order valence-corrected chi connectivity index (χ0v) is 19.1. The minimum Gasteiger partial charge on any atom is -0.386 e. The molecule has 3 rings (SSSR count). The fourth-order valence-electron chi connectivity index (χ4n) is 2.86. The quantitative estimate of drug-likeness (QED) is 0.343. The van der Waals surface area contributed by atoms with Crippen LogP contribution in [0.5, 0.6) is 0 Å². The van der Waals surface area contributed by atoms with Crippen LogP contribution in [0.1, 0.15) is 23.6 Å². The molecule has 10 heteroatoms. The number of piperazine rings is 1. The fourth-order valence-corrected chi connectivity index (χ4v) is 3.90. The molecule has 150 valence electrons. The minimum atomic E-state index is -0.630. The number of aliphatic hydroxyl groups is 1. The Morgan fingerprint density at radius 3 is 2.74 bits per heavy atom. The van der Waals surface area contributed by atoms with E-state index in [0.29, 0.717) is 10.9 Å². The second-order valence-corrected chi connectivity index (χ2v) is 7.85. The minimum absolute atomic E-state index is 0. The maximum atomic E-state index is 10.3. The van der Waals surface area contributed by atoms with Crippen LogP contribution in [-0.2, 0) is 6.54 Å². The van der Waals surface area contributed by atoms with Crippen LogP contribution in [0.25, 0.3) is 0 Å². The lowest BCUT2D eigenvalue weighted by molar-refractivity contribution is 0.166. The summed E-state index contributed by atoms with van der Waals surface area (Å²) >= 11 is 7.33. The van der Waals surface area contributed by atoms with E-state index < -0.39 is 6.10 Å². The molecule has 0 spiro atoms. The first-order chi connectivity index (χ1) is 12.7. The molecule has 2 N–H and O–H groups in total. The lowest BCUT2D eigenvalue weighted by Gasteiger charge is -2.36. The van der Waals surface area contributed by atoms with E-state index in [9.17, 15) is 5.11 Å². The topological polar surface area (TPSA) is 77.1 Å². The SMILES string of the molecule is CCNC(=NCC(O)c1ccc(Cl)s1)N1CCN(Cc2ccon2)CC1.I. The molecule has 1 atom stereocenters. The number of aromatic nitrogens is 1. The van der Waals surface area contributed by atoms with Crippen molar-refractivity contribution in [1.82, 2.24) is 20.3 Å². The lowest BCUT2D eigenvalue weighted by atomic mass is 10.3. The Hall–Kier alpha value is -0.880. The number of hydrogen-bond donors (Lipinski definition) is 2. The van der Waals surface area contributed by atoms with E-state index in [-0.39, 0.29) is 24.0 Å². The molecule has 1 aliphatic heterocycles. The number of guanidine groups is 1. The summed E-state index contributed by atoms with van der Waals surface area (Å²) < 4.78 is 5.57. The van der Waals surface area contributed by atoms with E-state index in [1.165, 1.54) is 11.3 Å². The van der Waals surface area contributed by atoms with Crippen LogP contribution >= 0.6 is 46.9 Å². The third kappa shape index (κ3) is 6.60. The largest absolute Gasteiger partial charge is 0.386 e. The van der Waals surface area contributed by atoms with Crippen molar-refractivity contribution in [1.29, 1.82) is 0 Å². The third-order valence-corrected chi connectivity index (χ3v) is 5.55. The summed E-state index contributed by atoms with van der Waals surface area (Å²) in [4.78, 5) is 10.0. The van der Waals surface area contributed by atoms with Gasteiger partial charge in [0.25, 0.3) is 0 Å². The van der Waals surface area contributed by atoms with Crippen molar-refractivity contribution in [2.24, 2.45) is 4.99 Å². The van der Waals surface area contributed by atoms with Gasteiger partial charge in [-0.3, -0.25) is 9.89 Å². The predicted octanol–water partition coefficient (Wildman–Crippen LogP) is 2.82. The van der Waals surface area contributed by atoms with E-state index in [4.69, 9.17) is 16.1 Å². The molecule has 1 aliphatic rings. The second kappa shape index (κ2) is 11.2. The number of aliphatic imine (C=N–C) groups is 1. The monoisotopic (exact) mass is 525 g/mol. The molecule has 0 radical (unpaired) electrons. The molecule has 1 saturated heterocycles. The van der Waals surface area contributed by atoms with Crippen LogP contribution in [0.15, 0.2) is 34.0 Å². The summed E-state index contributed by atoms with van der Waals surface area (Å²) in [6.45, 7) is 7.58. The van der Waals surface area contributed by atoms with Crippen molar-refractivity contribution in [2.75, 3.05) is 39.3 Å². The number of nitrogens with zero attached hydrogens (tertiary/aromatic N) is 4. The van der Waals surface area contributed by atoms with Gasteiger partial charge in [-0.15, -0.1) is 35.3 Å². The summed E-state index contributed by atoms with van der Waals surface area (Å²) in [7, 11) is 0. The van der Waals surface area contributed by atoms with Gasteiger partial charge >= 0.3 is 0 Å². The van der Waals surface area contributed by atoms with Gasteiger partial charge < -0.3 is 19.8 Å². The average molecular weight is 526 g/mol. The number of halogens is 2. The Morgan fingerprint density at radius 1 is 1.37 bits per heavy atom. The zero-order chi connectivity index (χ0) is 18.4. The number of nitrogens with one attached hydrogen (secondary N) is 1. The normalized spacial score (nSPS) is 16.9. The molecule has 1 fully saturated rings. The highest BCUT2D eigenvalue weighted by Crippen LogP contribution is 2.27. The van der Waals surface area contributed by atoms with Crippen LogP contribution in [0.4, 0.5) is 0 Å². The maximum absolute atomic E-state index is 10.3. The molecule has 3 heterocycles. The molecular weight excluding hydrogens is 501 g/mol. The van der Waals surface area contributed by atoms with Crippen LogP contribution in [-0.4, -0.2) is 65.3 Å². The first-order valence-corrected chi connectivity index (χ1v) is 9.93. The lowest BCUT2D eigenvalue weighted by Crippen LogP contribution is -2.52. The first kappa shape index (κ1) is 22.4.